The first-order chi connectivity index (χ1) is 17.8. The molecule has 2 aromatic carbocycles. The maximum atomic E-state index is 11.7. The predicted molar refractivity (Wildman–Crippen MR) is 143 cm³/mol. The lowest BCUT2D eigenvalue weighted by Gasteiger charge is -2.20. The Morgan fingerprint density at radius 2 is 1.59 bits per heavy atom. The third-order valence-corrected chi connectivity index (χ3v) is 5.82. The highest BCUT2D eigenvalue weighted by atomic mass is 32.1. The minimum absolute atomic E-state index is 0.0237. The highest BCUT2D eigenvalue weighted by Gasteiger charge is 2.16. The maximum Gasteiger partial charge on any atom is 0.415 e. The van der Waals surface area contributed by atoms with Crippen LogP contribution in [-0.4, -0.2) is 51.2 Å². The summed E-state index contributed by atoms with van der Waals surface area (Å²) in [7, 11) is 0. The van der Waals surface area contributed by atoms with Crippen molar-refractivity contribution in [3.8, 4) is 0 Å². The zero-order valence-corrected chi connectivity index (χ0v) is 21.8. The molecule has 196 valence electrons. The number of amides is 2. The van der Waals surface area contributed by atoms with E-state index in [1.54, 1.807) is 0 Å². The van der Waals surface area contributed by atoms with Crippen LogP contribution in [-0.2, 0) is 29.2 Å². The van der Waals surface area contributed by atoms with Crippen LogP contribution in [0.2, 0.25) is 0 Å². The van der Waals surface area contributed by atoms with Gasteiger partial charge in [0, 0.05) is 18.5 Å². The first-order valence-corrected chi connectivity index (χ1v) is 12.5. The standard InChI is InChI=1S/C13H12N2O4S.C12H16N2O2S/c16-12(17)10-8-20-11(15-10)6-14-13(18)19-7-9-4-2-1-3-5-9;1-2-14(11(17)8-13)12(15)16-9-10-6-4-3-5-7-10/h1-5,8H,6-7H2,(H,14,18)(H,16,17);3-7H,2,8-9,13H2,1H3. The van der Waals surface area contributed by atoms with E-state index >= 15 is 0 Å². The minimum atomic E-state index is -1.08. The number of carboxylic acid groups (broad SMARTS) is 1. The van der Waals surface area contributed by atoms with E-state index in [-0.39, 0.29) is 32.0 Å². The number of nitrogens with one attached hydrogen (secondary N) is 1. The van der Waals surface area contributed by atoms with E-state index in [4.69, 9.17) is 32.5 Å². The summed E-state index contributed by atoms with van der Waals surface area (Å²) in [6, 6.07) is 18.8. The quantitative estimate of drug-likeness (QED) is 0.338. The first kappa shape index (κ1) is 29.4. The van der Waals surface area contributed by atoms with Gasteiger partial charge in [-0.05, 0) is 18.1 Å². The van der Waals surface area contributed by atoms with Gasteiger partial charge >= 0.3 is 18.2 Å². The molecule has 2 amide bonds. The topological polar surface area (TPSA) is 144 Å². The molecular formula is C25H28N4O6S2. The van der Waals surface area contributed by atoms with E-state index in [0.29, 0.717) is 16.5 Å². The van der Waals surface area contributed by atoms with Crippen LogP contribution in [0.3, 0.4) is 0 Å². The molecular weight excluding hydrogens is 516 g/mol. The number of alkyl carbamates (subject to hydrolysis) is 1. The molecule has 0 aliphatic rings. The van der Waals surface area contributed by atoms with Crippen molar-refractivity contribution in [3.05, 3.63) is 87.9 Å². The predicted octanol–water partition coefficient (Wildman–Crippen LogP) is 4.20. The van der Waals surface area contributed by atoms with Crippen molar-refractivity contribution < 1.29 is 29.0 Å². The van der Waals surface area contributed by atoms with Crippen LogP contribution < -0.4 is 11.1 Å². The fourth-order valence-electron chi connectivity index (χ4n) is 2.73. The number of aromatic carboxylic acids is 1. The number of nitrogens with two attached hydrogens (primary N) is 1. The van der Waals surface area contributed by atoms with Gasteiger partial charge in [0.2, 0.25) is 0 Å². The molecule has 37 heavy (non-hydrogen) atoms. The second kappa shape index (κ2) is 16.0. The summed E-state index contributed by atoms with van der Waals surface area (Å²) in [5.41, 5.74) is 7.21. The number of rotatable bonds is 9. The Morgan fingerprint density at radius 1 is 1.03 bits per heavy atom. The summed E-state index contributed by atoms with van der Waals surface area (Å²) in [5.74, 6) is -1.08. The van der Waals surface area contributed by atoms with E-state index in [1.807, 2.05) is 67.6 Å². The summed E-state index contributed by atoms with van der Waals surface area (Å²) in [6.45, 7) is 3.03. The van der Waals surface area contributed by atoms with Crippen LogP contribution in [0.15, 0.2) is 66.0 Å². The van der Waals surface area contributed by atoms with Gasteiger partial charge in [0.05, 0.1) is 6.54 Å². The fourth-order valence-corrected chi connectivity index (χ4v) is 3.64. The first-order valence-electron chi connectivity index (χ1n) is 11.2. The number of thiocarbonyl (C=S) groups is 1. The van der Waals surface area contributed by atoms with E-state index in [0.717, 1.165) is 11.1 Å². The average molecular weight is 545 g/mol. The Kier molecular flexibility index (Phi) is 12.7. The van der Waals surface area contributed by atoms with Crippen molar-refractivity contribution in [2.45, 2.75) is 26.7 Å². The Labute approximate surface area is 224 Å². The SMILES string of the molecule is CCN(C(=O)OCc1ccccc1)C(=S)CN.O=C(NCc1nc(C(=O)O)cs1)OCc1ccccc1. The monoisotopic (exact) mass is 544 g/mol. The second-order valence-corrected chi connectivity index (χ2v) is 8.64. The lowest BCUT2D eigenvalue weighted by Crippen LogP contribution is -2.39. The largest absolute Gasteiger partial charge is 0.476 e. The molecule has 1 heterocycles. The maximum absolute atomic E-state index is 11.7. The molecule has 10 nitrogen and oxygen atoms in total. The van der Waals surface area contributed by atoms with Gasteiger partial charge in [0.25, 0.3) is 0 Å². The van der Waals surface area contributed by atoms with Gasteiger partial charge in [-0.3, -0.25) is 4.90 Å². The van der Waals surface area contributed by atoms with Crippen molar-refractivity contribution in [1.82, 2.24) is 15.2 Å². The molecule has 0 bridgehead atoms. The van der Waals surface area contributed by atoms with Crippen molar-refractivity contribution >= 4 is 46.7 Å². The number of carbonyl (C=O) groups excluding carboxylic acids is 2. The zero-order valence-electron chi connectivity index (χ0n) is 20.2. The number of hydrogen-bond acceptors (Lipinski definition) is 9. The van der Waals surface area contributed by atoms with Crippen molar-refractivity contribution in [1.29, 1.82) is 0 Å². The number of thiazole rings is 1. The number of likely N-dealkylation sites (N-methyl/N-ethyl adjacent to an activating group) is 1. The van der Waals surface area contributed by atoms with Crippen LogP contribution in [0.4, 0.5) is 9.59 Å². The van der Waals surface area contributed by atoms with Crippen LogP contribution in [0.1, 0.15) is 33.5 Å². The molecule has 3 aromatic rings. The summed E-state index contributed by atoms with van der Waals surface area (Å²) in [6.07, 6.45) is -1.02. The van der Waals surface area contributed by atoms with Crippen molar-refractivity contribution in [2.24, 2.45) is 5.73 Å². The number of ether oxygens (including phenoxy) is 2. The summed E-state index contributed by atoms with van der Waals surface area (Å²) in [5, 5.41) is 13.2. The number of nitrogens with zero attached hydrogens (tertiary/aromatic N) is 2. The molecule has 0 unspecified atom stereocenters. The van der Waals surface area contributed by atoms with E-state index in [1.165, 1.54) is 21.6 Å². The summed E-state index contributed by atoms with van der Waals surface area (Å²) >= 11 is 6.16. The number of hydrogen-bond donors (Lipinski definition) is 3. The Balaban J connectivity index is 0.000000264. The minimum Gasteiger partial charge on any atom is -0.476 e. The van der Waals surface area contributed by atoms with E-state index in [2.05, 4.69) is 10.3 Å². The highest BCUT2D eigenvalue weighted by Crippen LogP contribution is 2.09. The number of benzene rings is 2. The van der Waals surface area contributed by atoms with Gasteiger partial charge in [-0.25, -0.2) is 19.4 Å². The van der Waals surface area contributed by atoms with Gasteiger partial charge in [-0.1, -0.05) is 72.9 Å². The van der Waals surface area contributed by atoms with Crippen molar-refractivity contribution in [2.75, 3.05) is 13.1 Å². The Bertz CT molecular complexity index is 1160. The van der Waals surface area contributed by atoms with Crippen LogP contribution >= 0.6 is 23.6 Å². The number of carbonyl (C=O) groups is 3. The van der Waals surface area contributed by atoms with Crippen molar-refractivity contribution in [3.63, 3.8) is 0 Å². The molecule has 12 heteroatoms. The number of carboxylic acids is 1. The van der Waals surface area contributed by atoms with Gasteiger partial charge in [0.15, 0.2) is 5.69 Å². The van der Waals surface area contributed by atoms with Gasteiger partial charge in [-0.15, -0.1) is 11.3 Å². The van der Waals surface area contributed by atoms with Crippen LogP contribution in [0, 0.1) is 0 Å². The average Bonchev–Trinajstić information content (AvgIpc) is 3.41. The number of aromatic nitrogens is 1. The second-order valence-electron chi connectivity index (χ2n) is 7.23. The molecule has 0 radical (unpaired) electrons. The molecule has 0 saturated carbocycles. The molecule has 3 rings (SSSR count). The molecule has 0 atom stereocenters. The third kappa shape index (κ3) is 10.7. The Morgan fingerprint density at radius 3 is 2.08 bits per heavy atom. The molecule has 4 N–H and O–H groups in total. The summed E-state index contributed by atoms with van der Waals surface area (Å²) in [4.78, 5) is 39.4. The zero-order chi connectivity index (χ0) is 27.0. The summed E-state index contributed by atoms with van der Waals surface area (Å²) < 4.78 is 10.2. The smallest absolute Gasteiger partial charge is 0.415 e. The fraction of sp³-hybridized carbons (Fsp3) is 0.240. The van der Waals surface area contributed by atoms with E-state index < -0.39 is 18.2 Å². The molecule has 0 aliphatic heterocycles. The molecule has 0 aliphatic carbocycles. The van der Waals surface area contributed by atoms with Gasteiger partial charge < -0.3 is 25.6 Å². The van der Waals surface area contributed by atoms with Gasteiger partial charge in [0.1, 0.15) is 23.2 Å². The molecule has 0 saturated heterocycles. The lowest BCUT2D eigenvalue weighted by molar-refractivity contribution is 0.0691. The van der Waals surface area contributed by atoms with Crippen LogP contribution in [0.25, 0.3) is 0 Å². The van der Waals surface area contributed by atoms with Crippen LogP contribution in [0.5, 0.6) is 0 Å². The van der Waals surface area contributed by atoms with E-state index in [9.17, 15) is 14.4 Å². The highest BCUT2D eigenvalue weighted by molar-refractivity contribution is 7.80. The molecule has 0 fully saturated rings. The lowest BCUT2D eigenvalue weighted by atomic mass is 10.2. The molecule has 1 aromatic heterocycles. The third-order valence-electron chi connectivity index (χ3n) is 4.58. The molecule has 0 spiro atoms. The van der Waals surface area contributed by atoms with Gasteiger partial charge in [-0.2, -0.15) is 0 Å². The Hall–Kier alpha value is -3.87. The normalized spacial score (nSPS) is 9.89.